The molecule has 0 aromatic heterocycles. The Kier molecular flexibility index (Phi) is 6.02. The number of nitrogens with zero attached hydrogens (tertiary/aromatic N) is 2. The van der Waals surface area contributed by atoms with Gasteiger partial charge in [-0.15, -0.1) is 0 Å². The van der Waals surface area contributed by atoms with E-state index in [1.54, 1.807) is 0 Å². The topological polar surface area (TPSA) is 58.8 Å². The van der Waals surface area contributed by atoms with Gasteiger partial charge >= 0.3 is 0 Å². The van der Waals surface area contributed by atoms with Crippen molar-refractivity contribution in [3.63, 3.8) is 0 Å². The van der Waals surface area contributed by atoms with Gasteiger partial charge in [0.15, 0.2) is 0 Å². The first-order valence-electron chi connectivity index (χ1n) is 8.36. The number of morpholine rings is 1. The zero-order valence-electron chi connectivity index (χ0n) is 13.8. The number of likely N-dealkylation sites (tertiary alicyclic amines) is 1. The Bertz CT molecular complexity index is 332. The second-order valence-corrected chi connectivity index (χ2v) is 6.88. The summed E-state index contributed by atoms with van der Waals surface area (Å²) < 4.78 is 5.79. The molecule has 0 saturated carbocycles. The van der Waals surface area contributed by atoms with Crippen molar-refractivity contribution in [2.24, 2.45) is 17.6 Å². The molecule has 3 unspecified atom stereocenters. The van der Waals surface area contributed by atoms with E-state index in [-0.39, 0.29) is 11.8 Å². The van der Waals surface area contributed by atoms with Crippen molar-refractivity contribution < 1.29 is 9.53 Å². The van der Waals surface area contributed by atoms with Gasteiger partial charge in [-0.05, 0) is 32.6 Å². The molecule has 5 heteroatoms. The van der Waals surface area contributed by atoms with Crippen LogP contribution in [0, 0.1) is 11.8 Å². The number of rotatable bonds is 4. The minimum atomic E-state index is -0.0394. The molecule has 1 amide bonds. The SMILES string of the molecule is CC1CN(CC2CCN(C(=O)C(C)CN)CC2)CC(C)O1. The highest BCUT2D eigenvalue weighted by Crippen LogP contribution is 2.21. The second kappa shape index (κ2) is 7.56. The van der Waals surface area contributed by atoms with Gasteiger partial charge in [-0.2, -0.15) is 0 Å². The molecule has 2 fully saturated rings. The normalized spacial score (nSPS) is 30.4. The Morgan fingerprint density at radius 3 is 2.33 bits per heavy atom. The van der Waals surface area contributed by atoms with Gasteiger partial charge in [0.2, 0.25) is 5.91 Å². The average molecular weight is 297 g/mol. The summed E-state index contributed by atoms with van der Waals surface area (Å²) in [5.74, 6) is 0.895. The molecule has 0 spiro atoms. The molecule has 21 heavy (non-hydrogen) atoms. The zero-order valence-corrected chi connectivity index (χ0v) is 13.8. The van der Waals surface area contributed by atoms with E-state index in [2.05, 4.69) is 18.7 Å². The van der Waals surface area contributed by atoms with Crippen molar-refractivity contribution in [3.05, 3.63) is 0 Å². The van der Waals surface area contributed by atoms with E-state index in [1.807, 2.05) is 11.8 Å². The number of ether oxygens (including phenoxy) is 1. The third kappa shape index (κ3) is 4.66. The van der Waals surface area contributed by atoms with Gasteiger partial charge in [0.25, 0.3) is 0 Å². The molecule has 2 rings (SSSR count). The first-order valence-corrected chi connectivity index (χ1v) is 8.36. The lowest BCUT2D eigenvalue weighted by atomic mass is 9.94. The van der Waals surface area contributed by atoms with E-state index in [4.69, 9.17) is 10.5 Å². The quantitative estimate of drug-likeness (QED) is 0.838. The number of hydrogen-bond acceptors (Lipinski definition) is 4. The van der Waals surface area contributed by atoms with Crippen molar-refractivity contribution in [2.75, 3.05) is 39.3 Å². The molecule has 122 valence electrons. The Hall–Kier alpha value is -0.650. The highest BCUT2D eigenvalue weighted by molar-refractivity contribution is 5.78. The number of piperidine rings is 1. The van der Waals surface area contributed by atoms with E-state index in [0.29, 0.717) is 24.7 Å². The molecule has 0 aromatic rings. The molecule has 2 aliphatic rings. The van der Waals surface area contributed by atoms with Gasteiger partial charge in [-0.25, -0.2) is 0 Å². The number of carbonyl (C=O) groups excluding carboxylic acids is 1. The van der Waals surface area contributed by atoms with Crippen molar-refractivity contribution >= 4 is 5.91 Å². The monoisotopic (exact) mass is 297 g/mol. The van der Waals surface area contributed by atoms with Crippen LogP contribution in [-0.2, 0) is 9.53 Å². The molecule has 0 aliphatic carbocycles. The Labute approximate surface area is 128 Å². The predicted octanol–water partition coefficient (Wildman–Crippen LogP) is 0.929. The number of amides is 1. The molecule has 2 heterocycles. The van der Waals surface area contributed by atoms with Crippen LogP contribution in [-0.4, -0.2) is 67.2 Å². The summed E-state index contributed by atoms with van der Waals surface area (Å²) in [6.45, 7) is 11.7. The van der Waals surface area contributed by atoms with Gasteiger partial charge in [0.1, 0.15) is 0 Å². The molecule has 0 aromatic carbocycles. The van der Waals surface area contributed by atoms with Crippen LogP contribution in [0.2, 0.25) is 0 Å². The van der Waals surface area contributed by atoms with Gasteiger partial charge in [-0.3, -0.25) is 9.69 Å². The summed E-state index contributed by atoms with van der Waals surface area (Å²) in [5.41, 5.74) is 5.59. The minimum absolute atomic E-state index is 0.0394. The predicted molar refractivity (Wildman–Crippen MR) is 84.0 cm³/mol. The van der Waals surface area contributed by atoms with E-state index < -0.39 is 0 Å². The van der Waals surface area contributed by atoms with Gasteiger partial charge in [-0.1, -0.05) is 6.92 Å². The molecule has 2 aliphatic heterocycles. The maximum absolute atomic E-state index is 12.1. The molecule has 0 bridgehead atoms. The lowest BCUT2D eigenvalue weighted by Crippen LogP contribution is -2.49. The number of hydrogen-bond donors (Lipinski definition) is 1. The van der Waals surface area contributed by atoms with Crippen molar-refractivity contribution in [3.8, 4) is 0 Å². The van der Waals surface area contributed by atoms with E-state index in [9.17, 15) is 4.79 Å². The first kappa shape index (κ1) is 16.7. The van der Waals surface area contributed by atoms with Crippen LogP contribution in [0.3, 0.4) is 0 Å². The lowest BCUT2D eigenvalue weighted by molar-refractivity contribution is -0.136. The Morgan fingerprint density at radius 1 is 1.24 bits per heavy atom. The third-order valence-corrected chi connectivity index (χ3v) is 4.71. The fourth-order valence-corrected chi connectivity index (χ4v) is 3.55. The second-order valence-electron chi connectivity index (χ2n) is 6.88. The van der Waals surface area contributed by atoms with Crippen molar-refractivity contribution in [2.45, 2.75) is 45.8 Å². The molecule has 2 saturated heterocycles. The Balaban J connectivity index is 1.75. The van der Waals surface area contributed by atoms with Crippen molar-refractivity contribution in [1.82, 2.24) is 9.80 Å². The van der Waals surface area contributed by atoms with Crippen LogP contribution < -0.4 is 5.73 Å². The summed E-state index contributed by atoms with van der Waals surface area (Å²) in [5, 5.41) is 0. The summed E-state index contributed by atoms with van der Waals surface area (Å²) >= 11 is 0. The standard InChI is InChI=1S/C16H31N3O2/c1-12(8-17)16(20)19-6-4-15(5-7-19)11-18-9-13(2)21-14(3)10-18/h12-15H,4-11,17H2,1-3H3. The largest absolute Gasteiger partial charge is 0.373 e. The molecule has 0 radical (unpaired) electrons. The van der Waals surface area contributed by atoms with Crippen molar-refractivity contribution in [1.29, 1.82) is 0 Å². The maximum Gasteiger partial charge on any atom is 0.226 e. The van der Waals surface area contributed by atoms with Gasteiger partial charge in [0.05, 0.1) is 12.2 Å². The molecule has 3 atom stereocenters. The maximum atomic E-state index is 12.1. The number of carbonyl (C=O) groups is 1. The summed E-state index contributed by atoms with van der Waals surface area (Å²) in [6.07, 6.45) is 2.90. The molecule has 5 nitrogen and oxygen atoms in total. The van der Waals surface area contributed by atoms with E-state index >= 15 is 0 Å². The number of nitrogens with two attached hydrogens (primary N) is 1. The molecule has 2 N–H and O–H groups in total. The smallest absolute Gasteiger partial charge is 0.226 e. The summed E-state index contributed by atoms with van der Waals surface area (Å²) in [6, 6.07) is 0. The first-order chi connectivity index (χ1) is 9.99. The summed E-state index contributed by atoms with van der Waals surface area (Å²) in [4.78, 5) is 16.7. The van der Waals surface area contributed by atoms with Crippen LogP contribution in [0.15, 0.2) is 0 Å². The van der Waals surface area contributed by atoms with Crippen LogP contribution in [0.1, 0.15) is 33.6 Å². The van der Waals surface area contributed by atoms with Crippen LogP contribution in [0.4, 0.5) is 0 Å². The fourth-order valence-electron chi connectivity index (χ4n) is 3.55. The van der Waals surface area contributed by atoms with Gasteiger partial charge in [0, 0.05) is 45.2 Å². The third-order valence-electron chi connectivity index (χ3n) is 4.71. The van der Waals surface area contributed by atoms with E-state index in [0.717, 1.165) is 45.6 Å². The highest BCUT2D eigenvalue weighted by Gasteiger charge is 2.28. The van der Waals surface area contributed by atoms with Crippen LogP contribution >= 0.6 is 0 Å². The minimum Gasteiger partial charge on any atom is -0.373 e. The summed E-state index contributed by atoms with van der Waals surface area (Å²) in [7, 11) is 0. The average Bonchev–Trinajstić information content (AvgIpc) is 2.45. The van der Waals surface area contributed by atoms with Crippen LogP contribution in [0.5, 0.6) is 0 Å². The molecular weight excluding hydrogens is 266 g/mol. The van der Waals surface area contributed by atoms with Gasteiger partial charge < -0.3 is 15.4 Å². The highest BCUT2D eigenvalue weighted by atomic mass is 16.5. The Morgan fingerprint density at radius 2 is 1.81 bits per heavy atom. The van der Waals surface area contributed by atoms with E-state index in [1.165, 1.54) is 0 Å². The lowest BCUT2D eigenvalue weighted by Gasteiger charge is -2.39. The zero-order chi connectivity index (χ0) is 15.4. The van der Waals surface area contributed by atoms with Crippen LogP contribution in [0.25, 0.3) is 0 Å². The molecular formula is C16H31N3O2. The fraction of sp³-hybridized carbons (Fsp3) is 0.938.